The highest BCUT2D eigenvalue weighted by Crippen LogP contribution is 2.31. The molecule has 0 atom stereocenters. The lowest BCUT2D eigenvalue weighted by Crippen LogP contribution is -2.01. The predicted octanol–water partition coefficient (Wildman–Crippen LogP) is 7.26. The molecule has 0 heterocycles. The van der Waals surface area contributed by atoms with Gasteiger partial charge in [-0.15, -0.1) is 0 Å². The molecular formula is C20H15F7. The summed E-state index contributed by atoms with van der Waals surface area (Å²) in [6.45, 7) is 1.96. The smallest absolute Gasteiger partial charge is 0.206 e. The van der Waals surface area contributed by atoms with Gasteiger partial charge in [-0.2, -0.15) is 13.2 Å². The van der Waals surface area contributed by atoms with E-state index >= 15 is 0 Å². The average Bonchev–Trinajstić information content (AvgIpc) is 2.59. The Labute approximate surface area is 151 Å². The molecule has 0 fully saturated rings. The highest BCUT2D eigenvalue weighted by molar-refractivity contribution is 5.83. The maximum absolute atomic E-state index is 14.3. The van der Waals surface area contributed by atoms with Crippen LogP contribution in [0.25, 0.3) is 17.7 Å². The molecule has 0 aromatic heterocycles. The Morgan fingerprint density at radius 2 is 1.41 bits per heavy atom. The first-order valence-corrected chi connectivity index (χ1v) is 8.02. The van der Waals surface area contributed by atoms with Gasteiger partial charge in [0.1, 0.15) is 11.6 Å². The molecule has 0 aliphatic heterocycles. The zero-order valence-electron chi connectivity index (χ0n) is 14.2. The van der Waals surface area contributed by atoms with Crippen LogP contribution in [0.3, 0.4) is 0 Å². The predicted molar refractivity (Wildman–Crippen MR) is 90.9 cm³/mol. The Morgan fingerprint density at radius 3 is 1.89 bits per heavy atom. The fourth-order valence-corrected chi connectivity index (χ4v) is 2.41. The average molecular weight is 388 g/mol. The van der Waals surface area contributed by atoms with Crippen molar-refractivity contribution in [3.63, 3.8) is 0 Å². The number of hydrogen-bond acceptors (Lipinski definition) is 0. The van der Waals surface area contributed by atoms with Crippen LogP contribution in [0.4, 0.5) is 30.7 Å². The van der Waals surface area contributed by atoms with E-state index in [1.54, 1.807) is 12.1 Å². The number of aryl methyl sites for hydroxylation is 1. The summed E-state index contributed by atoms with van der Waals surface area (Å²) in [5.41, 5.74) is -0.931. The summed E-state index contributed by atoms with van der Waals surface area (Å²) in [7, 11) is 0. The van der Waals surface area contributed by atoms with E-state index in [9.17, 15) is 30.7 Å². The van der Waals surface area contributed by atoms with Crippen molar-refractivity contribution >= 4 is 17.7 Å². The van der Waals surface area contributed by atoms with Gasteiger partial charge in [0, 0.05) is 22.8 Å². The van der Waals surface area contributed by atoms with Gasteiger partial charge in [-0.05, 0) is 30.2 Å². The molecule has 7 heteroatoms. The first-order chi connectivity index (χ1) is 12.6. The molecule has 27 heavy (non-hydrogen) atoms. The highest BCUT2D eigenvalue weighted by atomic mass is 19.4. The lowest BCUT2D eigenvalue weighted by atomic mass is 10.0. The number of halogens is 7. The van der Waals surface area contributed by atoms with Crippen LogP contribution in [-0.4, -0.2) is 6.18 Å². The van der Waals surface area contributed by atoms with Crippen molar-refractivity contribution in [3.8, 4) is 0 Å². The zero-order chi connectivity index (χ0) is 20.2. The fourth-order valence-electron chi connectivity index (χ4n) is 2.41. The molecule has 2 rings (SSSR count). The van der Waals surface area contributed by atoms with E-state index in [0.29, 0.717) is 12.1 Å². The van der Waals surface area contributed by atoms with Gasteiger partial charge in [-0.1, -0.05) is 37.6 Å². The van der Waals surface area contributed by atoms with Crippen LogP contribution in [0.2, 0.25) is 0 Å². The third-order valence-corrected chi connectivity index (χ3v) is 3.71. The molecule has 0 radical (unpaired) electrons. The molecule has 0 aliphatic rings. The minimum atomic E-state index is -4.77. The largest absolute Gasteiger partial charge is 0.409 e. The third-order valence-electron chi connectivity index (χ3n) is 3.71. The first-order valence-electron chi connectivity index (χ1n) is 8.02. The van der Waals surface area contributed by atoms with Crippen molar-refractivity contribution in [3.05, 3.63) is 76.4 Å². The normalized spacial score (nSPS) is 13.2. The number of alkyl halides is 3. The van der Waals surface area contributed by atoms with E-state index in [-0.39, 0.29) is 17.7 Å². The maximum atomic E-state index is 14.3. The van der Waals surface area contributed by atoms with Gasteiger partial charge in [-0.25, -0.2) is 17.6 Å². The van der Waals surface area contributed by atoms with Crippen LogP contribution in [-0.2, 0) is 6.42 Å². The first kappa shape index (κ1) is 20.7. The monoisotopic (exact) mass is 388 g/mol. The van der Waals surface area contributed by atoms with Crippen LogP contribution >= 0.6 is 0 Å². The Balaban J connectivity index is 2.38. The van der Waals surface area contributed by atoms with Crippen molar-refractivity contribution < 1.29 is 30.7 Å². The van der Waals surface area contributed by atoms with Gasteiger partial charge >= 0.3 is 6.18 Å². The second-order valence-corrected chi connectivity index (χ2v) is 5.80. The van der Waals surface area contributed by atoms with Gasteiger partial charge < -0.3 is 0 Å². The van der Waals surface area contributed by atoms with Gasteiger partial charge in [0.05, 0.1) is 0 Å². The number of allylic oxidation sites excluding steroid dienone is 1. The Hall–Kier alpha value is -2.57. The van der Waals surface area contributed by atoms with Crippen molar-refractivity contribution in [2.45, 2.75) is 25.9 Å². The summed E-state index contributed by atoms with van der Waals surface area (Å²) in [5, 5.41) is 0. The van der Waals surface area contributed by atoms with E-state index in [4.69, 9.17) is 0 Å². The Kier molecular flexibility index (Phi) is 6.46. The standard InChI is InChI=1S/C20H15F7/c1-2-3-12-4-6-13(7-5-12)18(23)19(24)14-10-16(21)15(17(22)11-14)8-9-20(25,26)27/h4-11H,2-3H2,1H3/b9-8+,19-18+. The molecule has 0 N–H and O–H groups in total. The molecule has 0 bridgehead atoms. The molecule has 0 nitrogen and oxygen atoms in total. The van der Waals surface area contributed by atoms with Gasteiger partial charge in [0.2, 0.25) is 0 Å². The van der Waals surface area contributed by atoms with Crippen molar-refractivity contribution in [1.82, 2.24) is 0 Å². The Bertz CT molecular complexity index is 836. The number of hydrogen-bond donors (Lipinski definition) is 0. The summed E-state index contributed by atoms with van der Waals surface area (Å²) in [4.78, 5) is 0. The second-order valence-electron chi connectivity index (χ2n) is 5.80. The van der Waals surface area contributed by atoms with Gasteiger partial charge in [0.15, 0.2) is 11.7 Å². The van der Waals surface area contributed by atoms with Gasteiger partial charge in [-0.3, -0.25) is 0 Å². The lowest BCUT2D eigenvalue weighted by Gasteiger charge is -2.07. The summed E-state index contributed by atoms with van der Waals surface area (Å²) in [5.74, 6) is -5.71. The van der Waals surface area contributed by atoms with Gasteiger partial charge in [0.25, 0.3) is 0 Å². The summed E-state index contributed by atoms with van der Waals surface area (Å²) in [6.07, 6.45) is -3.28. The third kappa shape index (κ3) is 5.45. The highest BCUT2D eigenvalue weighted by Gasteiger charge is 2.23. The number of benzene rings is 2. The van der Waals surface area contributed by atoms with Crippen LogP contribution in [0.1, 0.15) is 35.6 Å². The fraction of sp³-hybridized carbons (Fsp3) is 0.200. The second kappa shape index (κ2) is 8.41. The molecule has 0 amide bonds. The van der Waals surface area contributed by atoms with E-state index < -0.39 is 40.6 Å². The number of rotatable bonds is 5. The van der Waals surface area contributed by atoms with Crippen molar-refractivity contribution in [2.24, 2.45) is 0 Å². The molecule has 2 aromatic carbocycles. The molecule has 0 spiro atoms. The molecule has 0 aliphatic carbocycles. The molecule has 0 unspecified atom stereocenters. The zero-order valence-corrected chi connectivity index (χ0v) is 14.2. The summed E-state index contributed by atoms with van der Waals surface area (Å²) in [6, 6.07) is 6.79. The van der Waals surface area contributed by atoms with Crippen molar-refractivity contribution in [1.29, 1.82) is 0 Å². The molecule has 2 aromatic rings. The topological polar surface area (TPSA) is 0 Å². The van der Waals surface area contributed by atoms with Crippen LogP contribution in [0, 0.1) is 11.6 Å². The van der Waals surface area contributed by atoms with Crippen molar-refractivity contribution in [2.75, 3.05) is 0 Å². The lowest BCUT2D eigenvalue weighted by molar-refractivity contribution is -0.0790. The van der Waals surface area contributed by atoms with E-state index in [2.05, 4.69) is 0 Å². The summed E-state index contributed by atoms with van der Waals surface area (Å²) < 4.78 is 92.8. The SMILES string of the molecule is CCCc1ccc(/C(F)=C(\F)c2cc(F)c(/C=C/C(F)(F)F)c(F)c2)cc1. The Morgan fingerprint density at radius 1 is 0.889 bits per heavy atom. The molecular weight excluding hydrogens is 373 g/mol. The molecule has 0 saturated carbocycles. The quantitative estimate of drug-likeness (QED) is 0.374. The van der Waals surface area contributed by atoms with Crippen LogP contribution in [0.5, 0.6) is 0 Å². The minimum Gasteiger partial charge on any atom is -0.206 e. The molecule has 144 valence electrons. The van der Waals surface area contributed by atoms with Crippen LogP contribution < -0.4 is 0 Å². The van der Waals surface area contributed by atoms with Crippen LogP contribution in [0.15, 0.2) is 42.5 Å². The minimum absolute atomic E-state index is 0.116. The van der Waals surface area contributed by atoms with E-state index in [0.717, 1.165) is 18.4 Å². The van der Waals surface area contributed by atoms with E-state index in [1.165, 1.54) is 12.1 Å². The molecule has 0 saturated heterocycles. The summed E-state index contributed by atoms with van der Waals surface area (Å²) >= 11 is 0. The van der Waals surface area contributed by atoms with E-state index in [1.807, 2.05) is 6.92 Å². The maximum Gasteiger partial charge on any atom is 0.409 e.